The molecule has 72 valence electrons. The maximum absolute atomic E-state index is 9.03. The average Bonchev–Trinajstić information content (AvgIpc) is 2.01. The molecule has 2 nitrogen and oxygen atoms in total. The van der Waals surface area contributed by atoms with Crippen LogP contribution in [0.25, 0.3) is 0 Å². The number of likely N-dealkylation sites (N-methyl/N-ethyl adjacent to an activating group) is 1. The molecule has 0 fully saturated rings. The molecule has 2 heteroatoms. The summed E-state index contributed by atoms with van der Waals surface area (Å²) in [7, 11) is 2.07. The Labute approximate surface area is 75.9 Å². The van der Waals surface area contributed by atoms with Crippen molar-refractivity contribution in [3.8, 4) is 0 Å². The van der Waals surface area contributed by atoms with E-state index >= 15 is 0 Å². The Bertz CT molecular complexity index is 121. The lowest BCUT2D eigenvalue weighted by atomic mass is 10.3. The Kier molecular flexibility index (Phi) is 7.11. The molecular weight excluding hydrogens is 150 g/mol. The van der Waals surface area contributed by atoms with Gasteiger partial charge in [0.1, 0.15) is 0 Å². The summed E-state index contributed by atoms with van der Waals surface area (Å²) in [5.41, 5.74) is 0. The zero-order valence-corrected chi connectivity index (χ0v) is 8.45. The predicted molar refractivity (Wildman–Crippen MR) is 53.2 cm³/mol. The van der Waals surface area contributed by atoms with E-state index in [0.717, 1.165) is 25.9 Å². The summed E-state index contributed by atoms with van der Waals surface area (Å²) in [6.45, 7) is 5.91. The standard InChI is InChI=1S/C10H21NO/c1-4-5-6-8-11(3)9-7-10(2)12/h5-6,10,12H,4,7-9H2,1-3H3. The Morgan fingerprint density at radius 1 is 1.42 bits per heavy atom. The molecule has 1 unspecified atom stereocenters. The molecule has 1 N–H and O–H groups in total. The molecule has 0 bridgehead atoms. The van der Waals surface area contributed by atoms with Gasteiger partial charge in [0.15, 0.2) is 0 Å². The monoisotopic (exact) mass is 171 g/mol. The molecule has 12 heavy (non-hydrogen) atoms. The molecule has 0 saturated heterocycles. The number of aliphatic hydroxyl groups excluding tert-OH is 1. The minimum atomic E-state index is -0.178. The molecule has 0 saturated carbocycles. The van der Waals surface area contributed by atoms with E-state index in [1.54, 1.807) is 0 Å². The van der Waals surface area contributed by atoms with Crippen molar-refractivity contribution in [1.29, 1.82) is 0 Å². The van der Waals surface area contributed by atoms with Crippen LogP contribution in [0.3, 0.4) is 0 Å². The molecule has 0 aromatic rings. The van der Waals surface area contributed by atoms with E-state index in [1.807, 2.05) is 6.92 Å². The molecule has 0 heterocycles. The molecule has 0 rings (SSSR count). The number of allylic oxidation sites excluding steroid dienone is 1. The van der Waals surface area contributed by atoms with E-state index in [9.17, 15) is 0 Å². The summed E-state index contributed by atoms with van der Waals surface area (Å²) in [5.74, 6) is 0. The zero-order chi connectivity index (χ0) is 9.40. The molecule has 0 aromatic carbocycles. The minimum Gasteiger partial charge on any atom is -0.393 e. The predicted octanol–water partition coefficient (Wildman–Crippen LogP) is 1.66. The molecule has 0 aliphatic heterocycles. The molecule has 0 spiro atoms. The minimum absolute atomic E-state index is 0.178. The van der Waals surface area contributed by atoms with Gasteiger partial charge in [-0.15, -0.1) is 0 Å². The molecule has 0 amide bonds. The summed E-state index contributed by atoms with van der Waals surface area (Å²) >= 11 is 0. The zero-order valence-electron chi connectivity index (χ0n) is 8.45. The van der Waals surface area contributed by atoms with E-state index in [-0.39, 0.29) is 6.10 Å². The molecule has 0 aromatic heterocycles. The van der Waals surface area contributed by atoms with Gasteiger partial charge in [-0.3, -0.25) is 0 Å². The lowest BCUT2D eigenvalue weighted by Crippen LogP contribution is -2.22. The van der Waals surface area contributed by atoms with E-state index in [4.69, 9.17) is 5.11 Å². The Hall–Kier alpha value is -0.340. The molecular formula is C10H21NO. The third kappa shape index (κ3) is 7.76. The van der Waals surface area contributed by atoms with Crippen LogP contribution in [0.15, 0.2) is 12.2 Å². The second-order valence-corrected chi connectivity index (χ2v) is 3.28. The van der Waals surface area contributed by atoms with Gasteiger partial charge in [-0.2, -0.15) is 0 Å². The second kappa shape index (κ2) is 7.32. The Morgan fingerprint density at radius 3 is 2.58 bits per heavy atom. The van der Waals surface area contributed by atoms with Crippen molar-refractivity contribution in [2.24, 2.45) is 0 Å². The topological polar surface area (TPSA) is 23.5 Å². The van der Waals surface area contributed by atoms with Crippen LogP contribution in [0, 0.1) is 0 Å². The first-order valence-electron chi connectivity index (χ1n) is 4.68. The number of nitrogens with zero attached hydrogens (tertiary/aromatic N) is 1. The first kappa shape index (κ1) is 11.7. The van der Waals surface area contributed by atoms with Crippen molar-refractivity contribution in [3.63, 3.8) is 0 Å². The fourth-order valence-electron chi connectivity index (χ4n) is 0.920. The molecule has 0 radical (unpaired) electrons. The van der Waals surface area contributed by atoms with E-state index < -0.39 is 0 Å². The highest BCUT2D eigenvalue weighted by Crippen LogP contribution is 1.93. The maximum Gasteiger partial charge on any atom is 0.0524 e. The first-order valence-corrected chi connectivity index (χ1v) is 4.68. The van der Waals surface area contributed by atoms with Crippen molar-refractivity contribution in [2.75, 3.05) is 20.1 Å². The summed E-state index contributed by atoms with van der Waals surface area (Å²) in [6, 6.07) is 0. The van der Waals surface area contributed by atoms with Crippen molar-refractivity contribution in [3.05, 3.63) is 12.2 Å². The van der Waals surface area contributed by atoms with Crippen molar-refractivity contribution in [2.45, 2.75) is 32.8 Å². The van der Waals surface area contributed by atoms with Crippen LogP contribution in [0.2, 0.25) is 0 Å². The average molecular weight is 171 g/mol. The van der Waals surface area contributed by atoms with E-state index in [1.165, 1.54) is 0 Å². The number of hydrogen-bond acceptors (Lipinski definition) is 2. The van der Waals surface area contributed by atoms with Gasteiger partial charge in [0, 0.05) is 13.1 Å². The van der Waals surface area contributed by atoms with Crippen LogP contribution < -0.4 is 0 Å². The van der Waals surface area contributed by atoms with Crippen molar-refractivity contribution < 1.29 is 5.11 Å². The third-order valence-corrected chi connectivity index (χ3v) is 1.75. The highest BCUT2D eigenvalue weighted by atomic mass is 16.3. The van der Waals surface area contributed by atoms with Crippen LogP contribution in [0.1, 0.15) is 26.7 Å². The smallest absolute Gasteiger partial charge is 0.0524 e. The molecule has 1 atom stereocenters. The number of aliphatic hydroxyl groups is 1. The van der Waals surface area contributed by atoms with Gasteiger partial charge >= 0.3 is 0 Å². The first-order chi connectivity index (χ1) is 5.66. The summed E-state index contributed by atoms with van der Waals surface area (Å²) in [4.78, 5) is 2.21. The summed E-state index contributed by atoms with van der Waals surface area (Å²) in [6.07, 6.45) is 6.12. The SMILES string of the molecule is CCC=CCN(C)CCC(C)O. The number of hydrogen-bond donors (Lipinski definition) is 1. The van der Waals surface area contributed by atoms with Gasteiger partial charge in [-0.05, 0) is 26.8 Å². The quantitative estimate of drug-likeness (QED) is 0.614. The highest BCUT2D eigenvalue weighted by molar-refractivity contribution is 4.82. The summed E-state index contributed by atoms with van der Waals surface area (Å²) in [5, 5.41) is 9.03. The lowest BCUT2D eigenvalue weighted by molar-refractivity contribution is 0.167. The van der Waals surface area contributed by atoms with Crippen LogP contribution >= 0.6 is 0 Å². The van der Waals surface area contributed by atoms with Gasteiger partial charge in [0.05, 0.1) is 6.10 Å². The van der Waals surface area contributed by atoms with Crippen molar-refractivity contribution >= 4 is 0 Å². The van der Waals surface area contributed by atoms with Gasteiger partial charge in [-0.25, -0.2) is 0 Å². The van der Waals surface area contributed by atoms with Crippen LogP contribution in [-0.4, -0.2) is 36.2 Å². The van der Waals surface area contributed by atoms with Crippen LogP contribution in [0.4, 0.5) is 0 Å². The van der Waals surface area contributed by atoms with Crippen molar-refractivity contribution in [1.82, 2.24) is 4.90 Å². The Morgan fingerprint density at radius 2 is 2.08 bits per heavy atom. The van der Waals surface area contributed by atoms with Gasteiger partial charge in [0.2, 0.25) is 0 Å². The molecule has 0 aliphatic rings. The van der Waals surface area contributed by atoms with E-state index in [0.29, 0.717) is 0 Å². The molecule has 0 aliphatic carbocycles. The van der Waals surface area contributed by atoms with Gasteiger partial charge < -0.3 is 10.0 Å². The third-order valence-electron chi connectivity index (χ3n) is 1.75. The fraction of sp³-hybridized carbons (Fsp3) is 0.800. The normalized spacial score (nSPS) is 14.4. The van der Waals surface area contributed by atoms with Gasteiger partial charge in [-0.1, -0.05) is 19.1 Å². The largest absolute Gasteiger partial charge is 0.393 e. The van der Waals surface area contributed by atoms with E-state index in [2.05, 4.69) is 31.0 Å². The number of rotatable bonds is 6. The van der Waals surface area contributed by atoms with Crippen LogP contribution in [-0.2, 0) is 0 Å². The lowest BCUT2D eigenvalue weighted by Gasteiger charge is -2.14. The maximum atomic E-state index is 9.03. The van der Waals surface area contributed by atoms with Gasteiger partial charge in [0.25, 0.3) is 0 Å². The Balaban J connectivity index is 3.33. The second-order valence-electron chi connectivity index (χ2n) is 3.28. The highest BCUT2D eigenvalue weighted by Gasteiger charge is 1.98. The van der Waals surface area contributed by atoms with Crippen LogP contribution in [0.5, 0.6) is 0 Å². The fourth-order valence-corrected chi connectivity index (χ4v) is 0.920. The summed E-state index contributed by atoms with van der Waals surface area (Å²) < 4.78 is 0.